The van der Waals surface area contributed by atoms with Crippen LogP contribution in [0, 0.1) is 6.92 Å². The van der Waals surface area contributed by atoms with Gasteiger partial charge >= 0.3 is 0 Å². The van der Waals surface area contributed by atoms with E-state index in [9.17, 15) is 4.79 Å². The van der Waals surface area contributed by atoms with Gasteiger partial charge in [-0.1, -0.05) is 30.3 Å². The number of aryl methyl sites for hydroxylation is 2. The van der Waals surface area contributed by atoms with E-state index in [1.54, 1.807) is 0 Å². The molecule has 5 heteroatoms. The van der Waals surface area contributed by atoms with Crippen LogP contribution in [0.1, 0.15) is 23.7 Å². The van der Waals surface area contributed by atoms with Crippen LogP contribution in [-0.2, 0) is 24.3 Å². The summed E-state index contributed by atoms with van der Waals surface area (Å²) in [5.74, 6) is 0.232. The highest BCUT2D eigenvalue weighted by atomic mass is 16.2. The molecule has 128 valence electrons. The molecule has 0 radical (unpaired) electrons. The third-order valence-corrected chi connectivity index (χ3v) is 4.69. The maximum Gasteiger partial charge on any atom is 0.227 e. The predicted octanol–water partition coefficient (Wildman–Crippen LogP) is 2.10. The van der Waals surface area contributed by atoms with Crippen molar-refractivity contribution in [2.45, 2.75) is 33.4 Å². The maximum atomic E-state index is 12.4. The number of carbonyl (C=O) groups is 1. The summed E-state index contributed by atoms with van der Waals surface area (Å²) < 4.78 is 1.99. The van der Waals surface area contributed by atoms with Gasteiger partial charge in [-0.3, -0.25) is 14.4 Å². The lowest BCUT2D eigenvalue weighted by molar-refractivity contribution is -0.132. The fourth-order valence-corrected chi connectivity index (χ4v) is 3.15. The molecule has 1 amide bonds. The second-order valence-corrected chi connectivity index (χ2v) is 6.41. The SMILES string of the molecule is CCn1cc(CN2CCN(C(=O)Cc3ccccc3)CC2)c(C)n1. The van der Waals surface area contributed by atoms with Gasteiger partial charge in [0.05, 0.1) is 12.1 Å². The molecule has 2 heterocycles. The number of amides is 1. The monoisotopic (exact) mass is 326 g/mol. The Morgan fingerprint density at radius 2 is 1.83 bits per heavy atom. The van der Waals surface area contributed by atoms with Crippen molar-refractivity contribution in [3.8, 4) is 0 Å². The van der Waals surface area contributed by atoms with Crippen molar-refractivity contribution in [1.29, 1.82) is 0 Å². The van der Waals surface area contributed by atoms with E-state index in [0.717, 1.165) is 50.5 Å². The molecule has 0 aliphatic carbocycles. The van der Waals surface area contributed by atoms with E-state index in [0.29, 0.717) is 6.42 Å². The lowest BCUT2D eigenvalue weighted by Crippen LogP contribution is -2.48. The summed E-state index contributed by atoms with van der Waals surface area (Å²) in [5.41, 5.74) is 3.49. The predicted molar refractivity (Wildman–Crippen MR) is 94.6 cm³/mol. The van der Waals surface area contributed by atoms with Crippen molar-refractivity contribution in [1.82, 2.24) is 19.6 Å². The van der Waals surface area contributed by atoms with Crippen molar-refractivity contribution in [2.75, 3.05) is 26.2 Å². The fraction of sp³-hybridized carbons (Fsp3) is 0.474. The summed E-state index contributed by atoms with van der Waals surface area (Å²) in [6.45, 7) is 9.48. The molecule has 3 rings (SSSR count). The number of carbonyl (C=O) groups excluding carboxylic acids is 1. The van der Waals surface area contributed by atoms with Crippen molar-refractivity contribution >= 4 is 5.91 Å². The third kappa shape index (κ3) is 4.03. The van der Waals surface area contributed by atoms with Gasteiger partial charge in [0.25, 0.3) is 0 Å². The minimum absolute atomic E-state index is 0.232. The van der Waals surface area contributed by atoms with E-state index >= 15 is 0 Å². The van der Waals surface area contributed by atoms with Crippen LogP contribution >= 0.6 is 0 Å². The third-order valence-electron chi connectivity index (χ3n) is 4.69. The van der Waals surface area contributed by atoms with Crippen LogP contribution in [0.3, 0.4) is 0 Å². The van der Waals surface area contributed by atoms with Crippen molar-refractivity contribution in [2.24, 2.45) is 0 Å². The molecule has 1 saturated heterocycles. The highest BCUT2D eigenvalue weighted by molar-refractivity contribution is 5.78. The van der Waals surface area contributed by atoms with Gasteiger partial charge in [-0.05, 0) is 19.4 Å². The first-order chi connectivity index (χ1) is 11.7. The minimum Gasteiger partial charge on any atom is -0.340 e. The normalized spacial score (nSPS) is 15.7. The molecule has 1 aromatic heterocycles. The Balaban J connectivity index is 1.50. The lowest BCUT2D eigenvalue weighted by Gasteiger charge is -2.34. The number of nitrogens with zero attached hydrogens (tertiary/aromatic N) is 4. The van der Waals surface area contributed by atoms with E-state index in [2.05, 4.69) is 30.0 Å². The zero-order valence-electron chi connectivity index (χ0n) is 14.6. The Kier molecular flexibility index (Phi) is 5.30. The summed E-state index contributed by atoms with van der Waals surface area (Å²) >= 11 is 0. The Morgan fingerprint density at radius 3 is 2.46 bits per heavy atom. The molecular formula is C19H26N4O. The average Bonchev–Trinajstić information content (AvgIpc) is 2.96. The molecule has 1 aliphatic rings. The van der Waals surface area contributed by atoms with E-state index in [-0.39, 0.29) is 5.91 Å². The molecule has 24 heavy (non-hydrogen) atoms. The highest BCUT2D eigenvalue weighted by Gasteiger charge is 2.22. The summed E-state index contributed by atoms with van der Waals surface area (Å²) in [6.07, 6.45) is 2.64. The first-order valence-electron chi connectivity index (χ1n) is 8.72. The number of hydrogen-bond acceptors (Lipinski definition) is 3. The van der Waals surface area contributed by atoms with Gasteiger partial charge in [-0.25, -0.2) is 0 Å². The molecule has 5 nitrogen and oxygen atoms in total. The average molecular weight is 326 g/mol. The molecule has 0 bridgehead atoms. The molecular weight excluding hydrogens is 300 g/mol. The Hall–Kier alpha value is -2.14. The molecule has 2 aromatic rings. The zero-order chi connectivity index (χ0) is 16.9. The molecule has 0 N–H and O–H groups in total. The number of benzene rings is 1. The first kappa shape index (κ1) is 16.7. The summed E-state index contributed by atoms with van der Waals surface area (Å²) in [4.78, 5) is 16.8. The number of piperazine rings is 1. The Morgan fingerprint density at radius 1 is 1.12 bits per heavy atom. The molecule has 1 aliphatic heterocycles. The van der Waals surface area contributed by atoms with Crippen molar-refractivity contribution < 1.29 is 4.79 Å². The second-order valence-electron chi connectivity index (χ2n) is 6.41. The van der Waals surface area contributed by atoms with Gasteiger partial charge in [0, 0.05) is 51.0 Å². The van der Waals surface area contributed by atoms with E-state index in [4.69, 9.17) is 0 Å². The fourth-order valence-electron chi connectivity index (χ4n) is 3.15. The summed E-state index contributed by atoms with van der Waals surface area (Å²) in [6, 6.07) is 9.98. The van der Waals surface area contributed by atoms with Gasteiger partial charge in [-0.2, -0.15) is 5.10 Å². The zero-order valence-corrected chi connectivity index (χ0v) is 14.6. The Labute approximate surface area is 143 Å². The van der Waals surface area contributed by atoms with E-state index < -0.39 is 0 Å². The van der Waals surface area contributed by atoms with Crippen LogP contribution in [-0.4, -0.2) is 51.7 Å². The quantitative estimate of drug-likeness (QED) is 0.845. The van der Waals surface area contributed by atoms with Crippen LogP contribution in [0.25, 0.3) is 0 Å². The molecule has 1 aromatic carbocycles. The molecule has 1 fully saturated rings. The highest BCUT2D eigenvalue weighted by Crippen LogP contribution is 2.13. The molecule has 0 atom stereocenters. The first-order valence-corrected chi connectivity index (χ1v) is 8.72. The number of hydrogen-bond donors (Lipinski definition) is 0. The van der Waals surface area contributed by atoms with E-state index in [1.165, 1.54) is 5.56 Å². The largest absolute Gasteiger partial charge is 0.340 e. The summed E-state index contributed by atoms with van der Waals surface area (Å²) in [7, 11) is 0. The van der Waals surface area contributed by atoms with Gasteiger partial charge < -0.3 is 4.90 Å². The molecule has 0 unspecified atom stereocenters. The summed E-state index contributed by atoms with van der Waals surface area (Å²) in [5, 5.41) is 4.51. The second kappa shape index (κ2) is 7.62. The van der Waals surface area contributed by atoms with Gasteiger partial charge in [-0.15, -0.1) is 0 Å². The minimum atomic E-state index is 0.232. The van der Waals surface area contributed by atoms with Crippen LogP contribution in [0.2, 0.25) is 0 Å². The molecule has 0 spiro atoms. The van der Waals surface area contributed by atoms with Crippen LogP contribution in [0.15, 0.2) is 36.5 Å². The molecule has 0 saturated carbocycles. The Bertz CT molecular complexity index is 672. The van der Waals surface area contributed by atoms with Crippen LogP contribution in [0.5, 0.6) is 0 Å². The number of aromatic nitrogens is 2. The van der Waals surface area contributed by atoms with Crippen molar-refractivity contribution in [3.63, 3.8) is 0 Å². The van der Waals surface area contributed by atoms with Crippen LogP contribution < -0.4 is 0 Å². The standard InChI is InChI=1S/C19H26N4O/c1-3-23-15-18(16(2)20-23)14-21-9-11-22(12-10-21)19(24)13-17-7-5-4-6-8-17/h4-8,15H,3,9-14H2,1-2H3. The van der Waals surface area contributed by atoms with E-state index in [1.807, 2.05) is 39.9 Å². The van der Waals surface area contributed by atoms with Gasteiger partial charge in [0.1, 0.15) is 0 Å². The van der Waals surface area contributed by atoms with Crippen LogP contribution in [0.4, 0.5) is 0 Å². The van der Waals surface area contributed by atoms with Gasteiger partial charge in [0.2, 0.25) is 5.91 Å². The van der Waals surface area contributed by atoms with Gasteiger partial charge in [0.15, 0.2) is 0 Å². The smallest absolute Gasteiger partial charge is 0.227 e. The maximum absolute atomic E-state index is 12.4. The number of rotatable bonds is 5. The van der Waals surface area contributed by atoms with Crippen molar-refractivity contribution in [3.05, 3.63) is 53.3 Å². The topological polar surface area (TPSA) is 41.4 Å². The lowest BCUT2D eigenvalue weighted by atomic mass is 10.1.